The fraction of sp³-hybridized carbons (Fsp3) is 0.200. The summed E-state index contributed by atoms with van der Waals surface area (Å²) in [5, 5.41) is 0. The van der Waals surface area contributed by atoms with Crippen molar-refractivity contribution in [2.45, 2.75) is 17.9 Å². The molecule has 0 saturated heterocycles. The number of fused-ring (bicyclic) bond motifs is 1. The van der Waals surface area contributed by atoms with E-state index in [1.165, 1.54) is 18.2 Å². The van der Waals surface area contributed by atoms with E-state index < -0.39 is 21.9 Å². The fourth-order valence-electron chi connectivity index (χ4n) is 2.19. The summed E-state index contributed by atoms with van der Waals surface area (Å²) in [6.07, 6.45) is 0. The van der Waals surface area contributed by atoms with Crippen LogP contribution in [-0.4, -0.2) is 15.2 Å². The van der Waals surface area contributed by atoms with Crippen LogP contribution in [0.5, 0.6) is 11.5 Å². The maximum atomic E-state index is 13.2. The van der Waals surface area contributed by atoms with Crippen molar-refractivity contribution in [2.24, 2.45) is 0 Å². The minimum Gasteiger partial charge on any atom is -0.454 e. The summed E-state index contributed by atoms with van der Waals surface area (Å²) in [6.45, 7) is 1.86. The molecule has 1 aliphatic rings. The van der Waals surface area contributed by atoms with Gasteiger partial charge in [0.25, 0.3) is 0 Å². The second-order valence-electron chi connectivity index (χ2n) is 4.91. The molecule has 5 nitrogen and oxygen atoms in total. The Morgan fingerprint density at radius 1 is 1.14 bits per heavy atom. The lowest BCUT2D eigenvalue weighted by atomic mass is 10.1. The minimum atomic E-state index is -3.81. The van der Waals surface area contributed by atoms with E-state index >= 15 is 0 Å². The summed E-state index contributed by atoms with van der Waals surface area (Å²) in [5.41, 5.74) is 0.726. The van der Waals surface area contributed by atoms with Crippen LogP contribution in [0.2, 0.25) is 0 Å². The zero-order valence-electron chi connectivity index (χ0n) is 11.7. The van der Waals surface area contributed by atoms with E-state index in [4.69, 9.17) is 9.47 Å². The lowest BCUT2D eigenvalue weighted by Crippen LogP contribution is -2.27. The maximum absolute atomic E-state index is 13.2. The highest BCUT2D eigenvalue weighted by atomic mass is 32.2. The largest absolute Gasteiger partial charge is 0.454 e. The number of rotatable bonds is 4. The predicted octanol–water partition coefficient (Wildman–Crippen LogP) is 2.59. The Morgan fingerprint density at radius 2 is 1.91 bits per heavy atom. The van der Waals surface area contributed by atoms with Crippen LogP contribution in [0.15, 0.2) is 47.4 Å². The average Bonchev–Trinajstić information content (AvgIpc) is 2.94. The predicted molar refractivity (Wildman–Crippen MR) is 77.7 cm³/mol. The van der Waals surface area contributed by atoms with E-state index in [1.54, 1.807) is 25.1 Å². The van der Waals surface area contributed by atoms with Crippen molar-refractivity contribution >= 4 is 10.0 Å². The smallest absolute Gasteiger partial charge is 0.241 e. The number of halogens is 1. The summed E-state index contributed by atoms with van der Waals surface area (Å²) in [6, 6.07) is 9.59. The first-order chi connectivity index (χ1) is 10.5. The Bertz CT molecular complexity index is 807. The monoisotopic (exact) mass is 323 g/mol. The molecular formula is C15H14FNO4S. The number of hydrogen-bond donors (Lipinski definition) is 1. The van der Waals surface area contributed by atoms with Crippen LogP contribution < -0.4 is 14.2 Å². The first kappa shape index (κ1) is 14.8. The van der Waals surface area contributed by atoms with Crippen molar-refractivity contribution in [1.29, 1.82) is 0 Å². The first-order valence-electron chi connectivity index (χ1n) is 6.63. The zero-order valence-corrected chi connectivity index (χ0v) is 12.6. The molecule has 0 aliphatic carbocycles. The van der Waals surface area contributed by atoms with Gasteiger partial charge in [0.15, 0.2) is 11.5 Å². The Balaban J connectivity index is 1.83. The van der Waals surface area contributed by atoms with Crippen molar-refractivity contribution < 1.29 is 22.3 Å². The molecule has 0 spiro atoms. The molecule has 3 rings (SSSR count). The highest BCUT2D eigenvalue weighted by molar-refractivity contribution is 7.89. The molecule has 1 atom stereocenters. The van der Waals surface area contributed by atoms with Crippen LogP contribution in [0, 0.1) is 5.82 Å². The molecule has 7 heteroatoms. The number of sulfonamides is 1. The van der Waals surface area contributed by atoms with Crippen LogP contribution in [0.25, 0.3) is 0 Å². The van der Waals surface area contributed by atoms with Gasteiger partial charge in [-0.05, 0) is 42.8 Å². The zero-order chi connectivity index (χ0) is 15.7. The molecule has 0 fully saturated rings. The van der Waals surface area contributed by atoms with E-state index in [1.807, 2.05) is 0 Å². The third kappa shape index (κ3) is 2.90. The molecule has 0 amide bonds. The molecule has 0 aromatic heterocycles. The van der Waals surface area contributed by atoms with Gasteiger partial charge in [0.2, 0.25) is 16.8 Å². The third-order valence-corrected chi connectivity index (χ3v) is 4.87. The van der Waals surface area contributed by atoms with E-state index in [0.717, 1.165) is 11.6 Å². The van der Waals surface area contributed by atoms with E-state index in [9.17, 15) is 12.8 Å². The van der Waals surface area contributed by atoms with Gasteiger partial charge in [-0.2, -0.15) is 0 Å². The number of ether oxygens (including phenoxy) is 2. The molecule has 116 valence electrons. The van der Waals surface area contributed by atoms with Gasteiger partial charge in [0, 0.05) is 6.04 Å². The maximum Gasteiger partial charge on any atom is 0.241 e. The van der Waals surface area contributed by atoms with Crippen LogP contribution in [-0.2, 0) is 10.0 Å². The van der Waals surface area contributed by atoms with Crippen molar-refractivity contribution in [3.63, 3.8) is 0 Å². The lowest BCUT2D eigenvalue weighted by molar-refractivity contribution is 0.174. The van der Waals surface area contributed by atoms with E-state index in [-0.39, 0.29) is 11.7 Å². The fourth-order valence-corrected chi connectivity index (χ4v) is 3.45. The minimum absolute atomic E-state index is 0.111. The molecule has 2 aromatic carbocycles. The molecule has 22 heavy (non-hydrogen) atoms. The Kier molecular flexibility index (Phi) is 3.76. The quantitative estimate of drug-likeness (QED) is 0.939. The Morgan fingerprint density at radius 3 is 2.68 bits per heavy atom. The van der Waals surface area contributed by atoms with Gasteiger partial charge in [0.05, 0.1) is 4.90 Å². The lowest BCUT2D eigenvalue weighted by Gasteiger charge is -2.15. The molecular weight excluding hydrogens is 309 g/mol. The number of nitrogens with one attached hydrogen (secondary N) is 1. The summed E-state index contributed by atoms with van der Waals surface area (Å²) < 4.78 is 50.7. The van der Waals surface area contributed by atoms with Crippen molar-refractivity contribution in [2.75, 3.05) is 6.79 Å². The van der Waals surface area contributed by atoms with Gasteiger partial charge in [0.1, 0.15) is 5.82 Å². The SMILES string of the molecule is CC(NS(=O)(=O)c1cccc(F)c1)c1ccc2c(c1)OCO2. The summed E-state index contributed by atoms with van der Waals surface area (Å²) >= 11 is 0. The summed E-state index contributed by atoms with van der Waals surface area (Å²) in [4.78, 5) is -0.111. The highest BCUT2D eigenvalue weighted by Crippen LogP contribution is 2.34. The third-order valence-electron chi connectivity index (χ3n) is 3.33. The molecule has 1 aliphatic heterocycles. The number of benzene rings is 2. The van der Waals surface area contributed by atoms with Gasteiger partial charge in [-0.25, -0.2) is 17.5 Å². The van der Waals surface area contributed by atoms with E-state index in [2.05, 4.69) is 4.72 Å². The van der Waals surface area contributed by atoms with Crippen molar-refractivity contribution in [3.8, 4) is 11.5 Å². The van der Waals surface area contributed by atoms with Gasteiger partial charge >= 0.3 is 0 Å². The molecule has 1 N–H and O–H groups in total. The van der Waals surface area contributed by atoms with Crippen molar-refractivity contribution in [3.05, 3.63) is 53.8 Å². The number of hydrogen-bond acceptors (Lipinski definition) is 4. The standard InChI is InChI=1S/C15H14FNO4S/c1-10(11-5-6-14-15(7-11)21-9-20-14)17-22(18,19)13-4-2-3-12(16)8-13/h2-8,10,17H,9H2,1H3. The molecule has 0 saturated carbocycles. The van der Waals surface area contributed by atoms with Gasteiger partial charge in [-0.15, -0.1) is 0 Å². The molecule has 0 radical (unpaired) electrons. The van der Waals surface area contributed by atoms with Crippen LogP contribution >= 0.6 is 0 Å². The first-order valence-corrected chi connectivity index (χ1v) is 8.11. The Hall–Kier alpha value is -2.12. The average molecular weight is 323 g/mol. The second kappa shape index (κ2) is 5.58. The highest BCUT2D eigenvalue weighted by Gasteiger charge is 2.21. The van der Waals surface area contributed by atoms with Gasteiger partial charge < -0.3 is 9.47 Å². The normalized spacial score (nSPS) is 14.8. The van der Waals surface area contributed by atoms with Crippen LogP contribution in [0.1, 0.15) is 18.5 Å². The topological polar surface area (TPSA) is 64.6 Å². The van der Waals surface area contributed by atoms with E-state index in [0.29, 0.717) is 11.5 Å². The molecule has 2 aromatic rings. The van der Waals surface area contributed by atoms with Crippen molar-refractivity contribution in [1.82, 2.24) is 4.72 Å². The van der Waals surface area contributed by atoms with Gasteiger partial charge in [-0.3, -0.25) is 0 Å². The summed E-state index contributed by atoms with van der Waals surface area (Å²) in [7, 11) is -3.81. The molecule has 0 bridgehead atoms. The van der Waals surface area contributed by atoms with Crippen LogP contribution in [0.3, 0.4) is 0 Å². The molecule has 1 heterocycles. The second-order valence-corrected chi connectivity index (χ2v) is 6.63. The summed E-state index contributed by atoms with van der Waals surface area (Å²) in [5.74, 6) is 0.608. The van der Waals surface area contributed by atoms with Gasteiger partial charge in [-0.1, -0.05) is 12.1 Å². The Labute approximate surface area is 127 Å². The van der Waals surface area contributed by atoms with Crippen LogP contribution in [0.4, 0.5) is 4.39 Å². The molecule has 1 unspecified atom stereocenters.